The van der Waals surface area contributed by atoms with Crippen LogP contribution in [0.5, 0.6) is 0 Å². The fourth-order valence-electron chi connectivity index (χ4n) is 3.48. The molecule has 0 spiro atoms. The molecule has 0 radical (unpaired) electrons. The van der Waals surface area contributed by atoms with Crippen molar-refractivity contribution >= 4 is 5.91 Å². The normalized spacial score (nSPS) is 27.3. The molecule has 0 aromatic carbocycles. The van der Waals surface area contributed by atoms with Gasteiger partial charge in [0.25, 0.3) is 0 Å². The summed E-state index contributed by atoms with van der Waals surface area (Å²) in [5.41, 5.74) is 0.820. The highest BCUT2D eigenvalue weighted by Gasteiger charge is 2.53. The van der Waals surface area contributed by atoms with Crippen molar-refractivity contribution in [1.29, 1.82) is 0 Å². The molecule has 5 heteroatoms. The number of nitrogens with zero attached hydrogens (tertiary/aromatic N) is 2. The summed E-state index contributed by atoms with van der Waals surface area (Å²) >= 11 is 0. The molecule has 1 aromatic heterocycles. The molecule has 1 amide bonds. The number of amides is 1. The van der Waals surface area contributed by atoms with Crippen molar-refractivity contribution in [3.05, 3.63) is 42.7 Å². The number of hydrogen-bond donors (Lipinski definition) is 2. The van der Waals surface area contributed by atoms with E-state index in [1.165, 1.54) is 0 Å². The molecule has 2 aliphatic rings. The molecule has 21 heavy (non-hydrogen) atoms. The molecule has 0 unspecified atom stereocenters. The first-order chi connectivity index (χ1) is 10.3. The Morgan fingerprint density at radius 2 is 2.05 bits per heavy atom. The fraction of sp³-hybridized carbons (Fsp3) is 0.500. The summed E-state index contributed by atoms with van der Waals surface area (Å²) in [6.07, 6.45) is 5.33. The largest absolute Gasteiger partial charge is 0.334 e. The van der Waals surface area contributed by atoms with Gasteiger partial charge in [-0.2, -0.15) is 0 Å². The molecule has 2 saturated heterocycles. The number of carbonyl (C=O) groups excluding carboxylic acids is 1. The van der Waals surface area contributed by atoms with Crippen molar-refractivity contribution in [2.24, 2.45) is 11.3 Å². The van der Waals surface area contributed by atoms with Crippen LogP contribution in [0.1, 0.15) is 5.56 Å². The van der Waals surface area contributed by atoms with E-state index in [4.69, 9.17) is 0 Å². The van der Waals surface area contributed by atoms with Gasteiger partial charge in [0.1, 0.15) is 0 Å². The van der Waals surface area contributed by atoms with E-state index in [9.17, 15) is 4.79 Å². The van der Waals surface area contributed by atoms with Gasteiger partial charge in [-0.25, -0.2) is 0 Å². The molecule has 2 aliphatic heterocycles. The lowest BCUT2D eigenvalue weighted by atomic mass is 9.79. The second-order valence-electron chi connectivity index (χ2n) is 5.94. The van der Waals surface area contributed by atoms with Crippen LogP contribution in [-0.2, 0) is 11.3 Å². The van der Waals surface area contributed by atoms with Crippen LogP contribution in [0, 0.1) is 11.3 Å². The Balaban J connectivity index is 1.80. The van der Waals surface area contributed by atoms with E-state index in [2.05, 4.69) is 22.2 Å². The summed E-state index contributed by atoms with van der Waals surface area (Å²) in [6.45, 7) is 8.38. The van der Waals surface area contributed by atoms with E-state index >= 15 is 0 Å². The van der Waals surface area contributed by atoms with Crippen molar-refractivity contribution in [2.75, 3.05) is 32.7 Å². The molecule has 5 nitrogen and oxygen atoms in total. The Labute approximate surface area is 125 Å². The van der Waals surface area contributed by atoms with Gasteiger partial charge >= 0.3 is 0 Å². The van der Waals surface area contributed by atoms with Gasteiger partial charge in [0, 0.05) is 57.6 Å². The van der Waals surface area contributed by atoms with E-state index in [0.717, 1.165) is 31.7 Å². The second-order valence-corrected chi connectivity index (χ2v) is 5.94. The molecule has 1 aromatic rings. The number of rotatable bonds is 5. The van der Waals surface area contributed by atoms with Gasteiger partial charge in [-0.1, -0.05) is 6.08 Å². The summed E-state index contributed by atoms with van der Waals surface area (Å²) in [6, 6.07) is 3.91. The molecule has 2 N–H and O–H groups in total. The van der Waals surface area contributed by atoms with Crippen molar-refractivity contribution in [3.63, 3.8) is 0 Å². The quantitative estimate of drug-likeness (QED) is 0.770. The first-order valence-corrected chi connectivity index (χ1v) is 7.47. The van der Waals surface area contributed by atoms with Gasteiger partial charge in [-0.3, -0.25) is 9.78 Å². The first kappa shape index (κ1) is 14.2. The average Bonchev–Trinajstić information content (AvgIpc) is 3.07. The highest BCUT2D eigenvalue weighted by Crippen LogP contribution is 2.36. The average molecular weight is 286 g/mol. The molecule has 112 valence electrons. The third-order valence-corrected chi connectivity index (χ3v) is 4.63. The smallest absolute Gasteiger partial charge is 0.232 e. The zero-order chi connectivity index (χ0) is 14.7. The zero-order valence-electron chi connectivity index (χ0n) is 12.2. The van der Waals surface area contributed by atoms with Crippen LogP contribution in [0.2, 0.25) is 0 Å². The molecule has 3 heterocycles. The van der Waals surface area contributed by atoms with E-state index in [-0.39, 0.29) is 11.3 Å². The Morgan fingerprint density at radius 3 is 2.67 bits per heavy atom. The van der Waals surface area contributed by atoms with Crippen LogP contribution in [0.25, 0.3) is 0 Å². The standard InChI is InChI=1S/C16H22N4O/c1-2-7-20(10-13-3-5-17-6-4-13)15(21)16-11-18-8-14(16)9-19-12-16/h2-6,14,18-19H,1,7-12H2. The molecule has 3 rings (SSSR count). The summed E-state index contributed by atoms with van der Waals surface area (Å²) in [5, 5.41) is 6.77. The van der Waals surface area contributed by atoms with Gasteiger partial charge in [0.2, 0.25) is 5.91 Å². The third kappa shape index (κ3) is 2.59. The topological polar surface area (TPSA) is 57.3 Å². The van der Waals surface area contributed by atoms with E-state index in [1.807, 2.05) is 17.0 Å². The Hall–Kier alpha value is -1.72. The predicted octanol–water partition coefficient (Wildman–Crippen LogP) is 0.405. The molecule has 0 saturated carbocycles. The lowest BCUT2D eigenvalue weighted by molar-refractivity contribution is -0.141. The lowest BCUT2D eigenvalue weighted by Gasteiger charge is -2.33. The number of pyridine rings is 1. The maximum absolute atomic E-state index is 13.1. The summed E-state index contributed by atoms with van der Waals surface area (Å²) in [5.74, 6) is 0.633. The molecule has 2 fully saturated rings. The highest BCUT2D eigenvalue weighted by molar-refractivity contribution is 5.84. The van der Waals surface area contributed by atoms with Crippen molar-refractivity contribution in [3.8, 4) is 0 Å². The maximum atomic E-state index is 13.1. The molecule has 0 bridgehead atoms. The third-order valence-electron chi connectivity index (χ3n) is 4.63. The van der Waals surface area contributed by atoms with Crippen molar-refractivity contribution in [2.45, 2.75) is 6.54 Å². The van der Waals surface area contributed by atoms with Gasteiger partial charge in [0.15, 0.2) is 0 Å². The maximum Gasteiger partial charge on any atom is 0.232 e. The highest BCUT2D eigenvalue weighted by atomic mass is 16.2. The minimum Gasteiger partial charge on any atom is -0.334 e. The minimum atomic E-state index is -0.282. The fourth-order valence-corrected chi connectivity index (χ4v) is 3.48. The van der Waals surface area contributed by atoms with Crippen LogP contribution >= 0.6 is 0 Å². The summed E-state index contributed by atoms with van der Waals surface area (Å²) < 4.78 is 0. The Morgan fingerprint density at radius 1 is 1.38 bits per heavy atom. The summed E-state index contributed by atoms with van der Waals surface area (Å²) in [4.78, 5) is 19.1. The summed E-state index contributed by atoms with van der Waals surface area (Å²) in [7, 11) is 0. The number of fused-ring (bicyclic) bond motifs is 1. The monoisotopic (exact) mass is 286 g/mol. The first-order valence-electron chi connectivity index (χ1n) is 7.47. The van der Waals surface area contributed by atoms with Crippen LogP contribution < -0.4 is 10.6 Å². The van der Waals surface area contributed by atoms with Gasteiger partial charge in [-0.05, 0) is 17.7 Å². The van der Waals surface area contributed by atoms with Gasteiger partial charge in [-0.15, -0.1) is 6.58 Å². The van der Waals surface area contributed by atoms with Crippen molar-refractivity contribution < 1.29 is 4.79 Å². The van der Waals surface area contributed by atoms with E-state index in [1.54, 1.807) is 18.5 Å². The SMILES string of the molecule is C=CCN(Cc1ccncc1)C(=O)C12CNCC1CNC2. The van der Waals surface area contributed by atoms with E-state index < -0.39 is 0 Å². The molecular formula is C16H22N4O. The molecule has 0 aliphatic carbocycles. The number of carbonyl (C=O) groups is 1. The lowest BCUT2D eigenvalue weighted by Crippen LogP contribution is -2.49. The van der Waals surface area contributed by atoms with Gasteiger partial charge < -0.3 is 15.5 Å². The van der Waals surface area contributed by atoms with Crippen LogP contribution in [0.4, 0.5) is 0 Å². The molecule has 0 atom stereocenters. The minimum absolute atomic E-state index is 0.235. The van der Waals surface area contributed by atoms with E-state index in [0.29, 0.717) is 19.0 Å². The Kier molecular flexibility index (Phi) is 4.03. The number of aromatic nitrogens is 1. The van der Waals surface area contributed by atoms with Crippen LogP contribution in [0.15, 0.2) is 37.2 Å². The molecular weight excluding hydrogens is 264 g/mol. The van der Waals surface area contributed by atoms with Crippen LogP contribution in [-0.4, -0.2) is 48.5 Å². The Bertz CT molecular complexity index is 506. The number of hydrogen-bond acceptors (Lipinski definition) is 4. The zero-order valence-corrected chi connectivity index (χ0v) is 12.2. The van der Waals surface area contributed by atoms with Crippen molar-refractivity contribution in [1.82, 2.24) is 20.5 Å². The van der Waals surface area contributed by atoms with Gasteiger partial charge in [0.05, 0.1) is 5.41 Å². The number of nitrogens with one attached hydrogen (secondary N) is 2. The predicted molar refractivity (Wildman–Crippen MR) is 81.5 cm³/mol. The van der Waals surface area contributed by atoms with Crippen LogP contribution in [0.3, 0.4) is 0 Å². The second kappa shape index (κ2) is 5.95.